The molecule has 2 N–H and O–H groups in total. The SMILES string of the molecule is COc1ccc2c(c1)c(CC(=O)SC[C@H](NC(C)=O)C(=O)O)c(C)n2C(=O)c1ccc(Cl)cc1. The lowest BCUT2D eigenvalue weighted by atomic mass is 10.1. The van der Waals surface area contributed by atoms with Gasteiger partial charge >= 0.3 is 5.97 Å². The summed E-state index contributed by atoms with van der Waals surface area (Å²) >= 11 is 6.77. The van der Waals surface area contributed by atoms with Crippen molar-refractivity contribution in [3.8, 4) is 5.75 Å². The first-order chi connectivity index (χ1) is 16.1. The van der Waals surface area contributed by atoms with E-state index in [1.807, 2.05) is 0 Å². The fourth-order valence-corrected chi connectivity index (χ4v) is 4.54. The fraction of sp³-hybridized carbons (Fsp3) is 0.250. The number of carboxylic acid groups (broad SMARTS) is 1. The highest BCUT2D eigenvalue weighted by Gasteiger charge is 2.24. The molecule has 0 saturated carbocycles. The molecule has 1 aromatic heterocycles. The van der Waals surface area contributed by atoms with Gasteiger partial charge in [0.1, 0.15) is 11.8 Å². The van der Waals surface area contributed by atoms with Crippen molar-refractivity contribution in [3.63, 3.8) is 0 Å². The maximum atomic E-state index is 13.3. The topological polar surface area (TPSA) is 115 Å². The molecule has 3 rings (SSSR count). The number of ether oxygens (including phenoxy) is 1. The highest BCUT2D eigenvalue weighted by molar-refractivity contribution is 8.13. The maximum Gasteiger partial charge on any atom is 0.327 e. The van der Waals surface area contributed by atoms with Crippen LogP contribution < -0.4 is 10.1 Å². The first-order valence-electron chi connectivity index (χ1n) is 10.3. The Labute approximate surface area is 205 Å². The first kappa shape index (κ1) is 25.3. The monoisotopic (exact) mass is 502 g/mol. The number of halogens is 1. The number of amides is 1. The minimum Gasteiger partial charge on any atom is -0.497 e. The Kier molecular flexibility index (Phi) is 8.01. The van der Waals surface area contributed by atoms with Gasteiger partial charge in [-0.05, 0) is 55.0 Å². The molecular formula is C24H23ClN2O6S. The molecule has 2 aromatic carbocycles. The van der Waals surface area contributed by atoms with Crippen LogP contribution in [0.5, 0.6) is 5.75 Å². The molecule has 0 unspecified atom stereocenters. The number of fused-ring (bicyclic) bond motifs is 1. The number of hydrogen-bond acceptors (Lipinski definition) is 6. The summed E-state index contributed by atoms with van der Waals surface area (Å²) < 4.78 is 6.87. The number of aromatic nitrogens is 1. The van der Waals surface area contributed by atoms with Crippen molar-refractivity contribution in [1.82, 2.24) is 9.88 Å². The Bertz CT molecular complexity index is 1270. The molecule has 0 aliphatic heterocycles. The van der Waals surface area contributed by atoms with Gasteiger partial charge in [-0.1, -0.05) is 23.4 Å². The van der Waals surface area contributed by atoms with Gasteiger partial charge in [0.05, 0.1) is 12.6 Å². The van der Waals surface area contributed by atoms with Gasteiger partial charge in [0, 0.05) is 40.8 Å². The summed E-state index contributed by atoms with van der Waals surface area (Å²) in [6.07, 6.45) is -0.0343. The summed E-state index contributed by atoms with van der Waals surface area (Å²) in [5, 5.41) is 12.5. The highest BCUT2D eigenvalue weighted by Crippen LogP contribution is 2.31. The lowest BCUT2D eigenvalue weighted by Gasteiger charge is -2.12. The summed E-state index contributed by atoms with van der Waals surface area (Å²) in [6, 6.07) is 10.6. The molecule has 178 valence electrons. The van der Waals surface area contributed by atoms with Crippen molar-refractivity contribution in [3.05, 3.63) is 64.3 Å². The van der Waals surface area contributed by atoms with Crippen LogP contribution >= 0.6 is 23.4 Å². The van der Waals surface area contributed by atoms with Crippen molar-refractivity contribution in [1.29, 1.82) is 0 Å². The number of nitrogens with zero attached hydrogens (tertiary/aromatic N) is 1. The van der Waals surface area contributed by atoms with Crippen LogP contribution in [-0.4, -0.2) is 51.5 Å². The molecule has 3 aromatic rings. The minimum atomic E-state index is -1.22. The number of rotatable bonds is 8. The number of carboxylic acids is 1. The zero-order valence-corrected chi connectivity index (χ0v) is 20.3. The second kappa shape index (κ2) is 10.8. The molecule has 0 spiro atoms. The highest BCUT2D eigenvalue weighted by atomic mass is 35.5. The molecule has 0 bridgehead atoms. The summed E-state index contributed by atoms with van der Waals surface area (Å²) in [4.78, 5) is 48.7. The Hall–Kier alpha value is -3.30. The summed E-state index contributed by atoms with van der Waals surface area (Å²) in [5.74, 6) is -1.53. The van der Waals surface area contributed by atoms with Gasteiger partial charge in [-0.3, -0.25) is 19.0 Å². The third-order valence-corrected chi connectivity index (χ3v) is 6.46. The maximum absolute atomic E-state index is 13.3. The van der Waals surface area contributed by atoms with E-state index in [9.17, 15) is 24.3 Å². The number of methoxy groups -OCH3 is 1. The fourth-order valence-electron chi connectivity index (χ4n) is 3.59. The Morgan fingerprint density at radius 1 is 1.15 bits per heavy atom. The predicted octanol–water partition coefficient (Wildman–Crippen LogP) is 3.69. The molecule has 0 saturated heterocycles. The van der Waals surface area contributed by atoms with Crippen LogP contribution in [0.2, 0.25) is 5.02 Å². The molecule has 0 aliphatic carbocycles. The Morgan fingerprint density at radius 3 is 2.41 bits per heavy atom. The number of carbonyl (C=O) groups is 4. The van der Waals surface area contributed by atoms with Crippen LogP contribution in [-0.2, 0) is 20.8 Å². The number of nitrogens with one attached hydrogen (secondary N) is 1. The van der Waals surface area contributed by atoms with Crippen molar-refractivity contribution >= 4 is 57.2 Å². The van der Waals surface area contributed by atoms with E-state index in [-0.39, 0.29) is 23.2 Å². The molecule has 0 fully saturated rings. The quantitative estimate of drug-likeness (QED) is 0.482. The molecular weight excluding hydrogens is 480 g/mol. The van der Waals surface area contributed by atoms with Crippen LogP contribution in [0, 0.1) is 6.92 Å². The zero-order valence-electron chi connectivity index (χ0n) is 18.8. The molecule has 34 heavy (non-hydrogen) atoms. The van der Waals surface area contributed by atoms with Crippen LogP contribution in [0.1, 0.15) is 28.5 Å². The molecule has 1 heterocycles. The van der Waals surface area contributed by atoms with E-state index in [0.29, 0.717) is 38.5 Å². The van der Waals surface area contributed by atoms with E-state index in [1.165, 1.54) is 14.0 Å². The van der Waals surface area contributed by atoms with E-state index < -0.39 is 17.9 Å². The third kappa shape index (κ3) is 5.60. The van der Waals surface area contributed by atoms with Crippen LogP contribution in [0.3, 0.4) is 0 Å². The van der Waals surface area contributed by atoms with Crippen molar-refractivity contribution < 1.29 is 29.0 Å². The van der Waals surface area contributed by atoms with Crippen molar-refractivity contribution in [2.45, 2.75) is 26.3 Å². The second-order valence-electron chi connectivity index (χ2n) is 7.55. The molecule has 0 aliphatic rings. The lowest BCUT2D eigenvalue weighted by Crippen LogP contribution is -2.41. The second-order valence-corrected chi connectivity index (χ2v) is 9.06. The number of benzene rings is 2. The molecule has 10 heteroatoms. The van der Waals surface area contributed by atoms with Gasteiger partial charge in [0.25, 0.3) is 5.91 Å². The summed E-state index contributed by atoms with van der Waals surface area (Å²) in [6.45, 7) is 2.97. The summed E-state index contributed by atoms with van der Waals surface area (Å²) in [7, 11) is 1.53. The molecule has 8 nitrogen and oxygen atoms in total. The van der Waals surface area contributed by atoms with Crippen molar-refractivity contribution in [2.75, 3.05) is 12.9 Å². The zero-order chi connectivity index (χ0) is 25.0. The molecule has 1 amide bonds. The predicted molar refractivity (Wildman–Crippen MR) is 131 cm³/mol. The number of carbonyl (C=O) groups excluding carboxylic acids is 3. The smallest absolute Gasteiger partial charge is 0.327 e. The van der Waals surface area contributed by atoms with Crippen LogP contribution in [0.15, 0.2) is 42.5 Å². The minimum absolute atomic E-state index is 0.0343. The molecule has 0 radical (unpaired) electrons. The Balaban J connectivity index is 1.95. The largest absolute Gasteiger partial charge is 0.497 e. The molecule has 1 atom stereocenters. The number of thioether (sulfide) groups is 1. The third-order valence-electron chi connectivity index (χ3n) is 5.24. The van der Waals surface area contributed by atoms with Crippen LogP contribution in [0.4, 0.5) is 0 Å². The average molecular weight is 503 g/mol. The van der Waals surface area contributed by atoms with Gasteiger partial charge in [0.15, 0.2) is 5.12 Å². The number of hydrogen-bond donors (Lipinski definition) is 2. The summed E-state index contributed by atoms with van der Waals surface area (Å²) in [5.41, 5.74) is 2.29. The van der Waals surface area contributed by atoms with Gasteiger partial charge in [-0.25, -0.2) is 4.79 Å². The standard InChI is InChI=1S/C24H23ClN2O6S/c1-13-18(11-22(29)34-12-20(24(31)32)26-14(2)28)19-10-17(33-3)8-9-21(19)27(13)23(30)15-4-6-16(25)7-5-15/h4-10,20H,11-12H2,1-3H3,(H,26,28)(H,31,32)/t20-/m0/s1. The van der Waals surface area contributed by atoms with Gasteiger partial charge < -0.3 is 15.2 Å². The Morgan fingerprint density at radius 2 is 1.82 bits per heavy atom. The van der Waals surface area contributed by atoms with Gasteiger partial charge in [0.2, 0.25) is 5.91 Å². The van der Waals surface area contributed by atoms with Gasteiger partial charge in [-0.15, -0.1) is 0 Å². The van der Waals surface area contributed by atoms with E-state index in [2.05, 4.69) is 5.32 Å². The lowest BCUT2D eigenvalue weighted by molar-refractivity contribution is -0.140. The van der Waals surface area contributed by atoms with E-state index in [0.717, 1.165) is 11.8 Å². The van der Waals surface area contributed by atoms with E-state index in [1.54, 1.807) is 54.0 Å². The van der Waals surface area contributed by atoms with Crippen molar-refractivity contribution in [2.24, 2.45) is 0 Å². The average Bonchev–Trinajstić information content (AvgIpc) is 3.06. The van der Waals surface area contributed by atoms with E-state index >= 15 is 0 Å². The first-order valence-corrected chi connectivity index (χ1v) is 11.6. The number of aliphatic carboxylic acids is 1. The van der Waals surface area contributed by atoms with Gasteiger partial charge in [-0.2, -0.15) is 0 Å². The van der Waals surface area contributed by atoms with E-state index in [4.69, 9.17) is 16.3 Å². The normalized spacial score (nSPS) is 11.8. The van der Waals surface area contributed by atoms with Crippen LogP contribution in [0.25, 0.3) is 10.9 Å².